The van der Waals surface area contributed by atoms with Gasteiger partial charge in [0.1, 0.15) is 0 Å². The van der Waals surface area contributed by atoms with Gasteiger partial charge in [0.05, 0.1) is 10.6 Å². The predicted molar refractivity (Wildman–Crippen MR) is 116 cm³/mol. The summed E-state index contributed by atoms with van der Waals surface area (Å²) in [5, 5.41) is 11.1. The first-order valence-corrected chi connectivity index (χ1v) is 11.9. The highest BCUT2D eigenvalue weighted by atomic mass is 32.2. The van der Waals surface area contributed by atoms with E-state index in [9.17, 15) is 4.79 Å². The van der Waals surface area contributed by atoms with Gasteiger partial charge in [0, 0.05) is 23.8 Å². The Balaban J connectivity index is 1.35. The van der Waals surface area contributed by atoms with Gasteiger partial charge >= 0.3 is 0 Å². The van der Waals surface area contributed by atoms with Crippen molar-refractivity contribution in [1.82, 2.24) is 14.8 Å². The molecule has 0 unspecified atom stereocenters. The minimum Gasteiger partial charge on any atom is -0.341 e. The Hall–Kier alpha value is -1.86. The Morgan fingerprint density at radius 3 is 2.71 bits per heavy atom. The van der Waals surface area contributed by atoms with Crippen LogP contribution in [-0.4, -0.2) is 39.4 Å². The molecule has 5 nitrogen and oxygen atoms in total. The Kier molecular flexibility index (Phi) is 4.88. The third-order valence-electron chi connectivity index (χ3n) is 5.63. The molecule has 2 fully saturated rings. The molecule has 1 aromatic carbocycles. The van der Waals surface area contributed by atoms with E-state index in [1.165, 1.54) is 42.2 Å². The van der Waals surface area contributed by atoms with E-state index >= 15 is 0 Å². The van der Waals surface area contributed by atoms with Crippen LogP contribution in [0.1, 0.15) is 53.4 Å². The van der Waals surface area contributed by atoms with E-state index in [1.807, 2.05) is 12.1 Å². The number of fused-ring (bicyclic) bond motifs is 1. The number of thiophene rings is 1. The van der Waals surface area contributed by atoms with E-state index < -0.39 is 0 Å². The normalized spacial score (nSPS) is 17.4. The van der Waals surface area contributed by atoms with Crippen molar-refractivity contribution < 1.29 is 4.79 Å². The summed E-state index contributed by atoms with van der Waals surface area (Å²) in [6, 6.07) is 8.76. The maximum absolute atomic E-state index is 12.9. The van der Waals surface area contributed by atoms with Gasteiger partial charge in [-0.3, -0.25) is 9.36 Å². The first kappa shape index (κ1) is 18.2. The van der Waals surface area contributed by atoms with E-state index in [0.29, 0.717) is 11.8 Å². The number of nitrogens with zero attached hydrogens (tertiary/aromatic N) is 4. The molecule has 0 amide bonds. The highest BCUT2D eigenvalue weighted by Crippen LogP contribution is 2.41. The summed E-state index contributed by atoms with van der Waals surface area (Å²) in [5.41, 5.74) is 1.10. The fourth-order valence-electron chi connectivity index (χ4n) is 3.97. The fourth-order valence-corrected chi connectivity index (χ4v) is 6.08. The molecule has 3 heterocycles. The zero-order valence-electron chi connectivity index (χ0n) is 16.1. The number of anilines is 1. The van der Waals surface area contributed by atoms with Crippen LogP contribution in [0.5, 0.6) is 0 Å². The second-order valence-electron chi connectivity index (χ2n) is 7.70. The van der Waals surface area contributed by atoms with Crippen LogP contribution in [0.3, 0.4) is 0 Å². The maximum atomic E-state index is 12.9. The average molecular weight is 413 g/mol. The molecule has 1 aliphatic carbocycles. The molecule has 5 rings (SSSR count). The van der Waals surface area contributed by atoms with Crippen molar-refractivity contribution in [3.05, 3.63) is 34.7 Å². The molecule has 0 spiro atoms. The average Bonchev–Trinajstić information content (AvgIpc) is 3.40. The van der Waals surface area contributed by atoms with Gasteiger partial charge in [-0.25, -0.2) is 0 Å². The number of thioether (sulfide) groups is 1. The van der Waals surface area contributed by atoms with Crippen LogP contribution in [0.4, 0.5) is 5.95 Å². The predicted octanol–water partition coefficient (Wildman–Crippen LogP) is 5.10. The molecular formula is C21H24N4OS2. The first-order valence-electron chi connectivity index (χ1n) is 10.1. The van der Waals surface area contributed by atoms with Gasteiger partial charge < -0.3 is 4.90 Å². The van der Waals surface area contributed by atoms with Gasteiger partial charge in [-0.2, -0.15) is 0 Å². The van der Waals surface area contributed by atoms with Crippen molar-refractivity contribution in [2.75, 3.05) is 23.7 Å². The van der Waals surface area contributed by atoms with Crippen molar-refractivity contribution in [1.29, 1.82) is 0 Å². The summed E-state index contributed by atoms with van der Waals surface area (Å²) in [6.07, 6.45) is 6.14. The summed E-state index contributed by atoms with van der Waals surface area (Å²) in [7, 11) is 0. The molecule has 7 heteroatoms. The van der Waals surface area contributed by atoms with Crippen LogP contribution in [-0.2, 0) is 0 Å². The minimum absolute atomic E-state index is 0.188. The Morgan fingerprint density at radius 2 is 1.96 bits per heavy atom. The number of carbonyl (C=O) groups excluding carboxylic acids is 1. The van der Waals surface area contributed by atoms with Gasteiger partial charge in [-0.1, -0.05) is 30.0 Å². The molecule has 2 aliphatic rings. The van der Waals surface area contributed by atoms with Crippen LogP contribution in [0.15, 0.2) is 29.4 Å². The molecule has 1 saturated carbocycles. The largest absolute Gasteiger partial charge is 0.341 e. The number of rotatable bonds is 6. The number of benzene rings is 1. The number of ketones is 1. The number of Topliss-reactive ketones (excluding diaryl/α,β-unsaturated/α-hetero) is 1. The van der Waals surface area contributed by atoms with Crippen molar-refractivity contribution in [2.24, 2.45) is 0 Å². The number of carbonyl (C=O) groups is 1. The number of piperidine rings is 1. The van der Waals surface area contributed by atoms with Crippen LogP contribution in [0, 0.1) is 6.92 Å². The van der Waals surface area contributed by atoms with Crippen molar-refractivity contribution in [2.45, 2.75) is 50.2 Å². The lowest BCUT2D eigenvalue weighted by Crippen LogP contribution is -2.31. The molecule has 0 radical (unpaired) electrons. The Morgan fingerprint density at radius 1 is 1.18 bits per heavy atom. The lowest BCUT2D eigenvalue weighted by molar-refractivity contribution is 0.102. The van der Waals surface area contributed by atoms with Gasteiger partial charge in [0.2, 0.25) is 5.95 Å². The van der Waals surface area contributed by atoms with E-state index in [0.717, 1.165) is 34.6 Å². The zero-order chi connectivity index (χ0) is 19.1. The van der Waals surface area contributed by atoms with Gasteiger partial charge in [0.25, 0.3) is 0 Å². The molecule has 28 heavy (non-hydrogen) atoms. The van der Waals surface area contributed by atoms with Crippen LogP contribution in [0.25, 0.3) is 10.1 Å². The summed E-state index contributed by atoms with van der Waals surface area (Å²) >= 11 is 3.15. The van der Waals surface area contributed by atoms with Gasteiger partial charge in [-0.05, 0) is 56.0 Å². The minimum atomic E-state index is 0.188. The Bertz CT molecular complexity index is 1010. The summed E-state index contributed by atoms with van der Waals surface area (Å²) in [6.45, 7) is 4.18. The zero-order valence-corrected chi connectivity index (χ0v) is 17.7. The standard InChI is InChI=1S/C21H24N4OS2/c1-14-16-7-3-4-8-18(16)28-19(14)17(26)13-27-21-23-22-20(25(21)15-9-10-15)24-11-5-2-6-12-24/h3-4,7-8,15H,2,5-6,9-13H2,1H3. The topological polar surface area (TPSA) is 51.0 Å². The molecular weight excluding hydrogens is 388 g/mol. The molecule has 146 valence electrons. The molecule has 2 aromatic heterocycles. The third-order valence-corrected chi connectivity index (χ3v) is 7.88. The van der Waals surface area contributed by atoms with Gasteiger partial charge in [-0.15, -0.1) is 21.5 Å². The van der Waals surface area contributed by atoms with Crippen molar-refractivity contribution in [3.8, 4) is 0 Å². The van der Waals surface area contributed by atoms with E-state index in [4.69, 9.17) is 0 Å². The maximum Gasteiger partial charge on any atom is 0.228 e. The summed E-state index contributed by atoms with van der Waals surface area (Å²) in [4.78, 5) is 16.2. The molecule has 1 saturated heterocycles. The van der Waals surface area contributed by atoms with Crippen LogP contribution < -0.4 is 4.90 Å². The second-order valence-corrected chi connectivity index (χ2v) is 9.69. The Labute approximate surface area is 173 Å². The smallest absolute Gasteiger partial charge is 0.228 e. The highest BCUT2D eigenvalue weighted by Gasteiger charge is 2.32. The van der Waals surface area contributed by atoms with E-state index in [-0.39, 0.29) is 5.78 Å². The molecule has 3 aromatic rings. The molecule has 1 aliphatic heterocycles. The number of aryl methyl sites for hydroxylation is 1. The number of hydrogen-bond donors (Lipinski definition) is 0. The summed E-state index contributed by atoms with van der Waals surface area (Å²) < 4.78 is 3.48. The molecule has 0 bridgehead atoms. The number of aromatic nitrogens is 3. The van der Waals surface area contributed by atoms with E-state index in [1.54, 1.807) is 23.1 Å². The third kappa shape index (κ3) is 3.35. The highest BCUT2D eigenvalue weighted by molar-refractivity contribution is 7.99. The van der Waals surface area contributed by atoms with E-state index in [2.05, 4.69) is 38.7 Å². The van der Waals surface area contributed by atoms with Crippen LogP contribution >= 0.6 is 23.1 Å². The lowest BCUT2D eigenvalue weighted by Gasteiger charge is -2.27. The number of hydrogen-bond acceptors (Lipinski definition) is 6. The monoisotopic (exact) mass is 412 g/mol. The van der Waals surface area contributed by atoms with Crippen molar-refractivity contribution in [3.63, 3.8) is 0 Å². The lowest BCUT2D eigenvalue weighted by atomic mass is 10.1. The van der Waals surface area contributed by atoms with Crippen molar-refractivity contribution >= 4 is 44.9 Å². The molecule has 0 atom stereocenters. The SMILES string of the molecule is Cc1c(C(=O)CSc2nnc(N3CCCCC3)n2C2CC2)sc2ccccc12. The van der Waals surface area contributed by atoms with Gasteiger partial charge in [0.15, 0.2) is 10.9 Å². The fraction of sp³-hybridized carbons (Fsp3) is 0.476. The first-order chi connectivity index (χ1) is 13.7. The molecule has 0 N–H and O–H groups in total. The second kappa shape index (κ2) is 7.52. The quantitative estimate of drug-likeness (QED) is 0.416. The van der Waals surface area contributed by atoms with Crippen LogP contribution in [0.2, 0.25) is 0 Å². The summed E-state index contributed by atoms with van der Waals surface area (Å²) in [5.74, 6) is 1.61.